The van der Waals surface area contributed by atoms with Crippen molar-refractivity contribution >= 4 is 5.91 Å². The van der Waals surface area contributed by atoms with Crippen LogP contribution < -0.4 is 0 Å². The van der Waals surface area contributed by atoms with E-state index in [9.17, 15) is 4.79 Å². The van der Waals surface area contributed by atoms with Crippen molar-refractivity contribution in [2.24, 2.45) is 5.92 Å². The van der Waals surface area contributed by atoms with Crippen molar-refractivity contribution in [3.63, 3.8) is 0 Å². The fourth-order valence-corrected chi connectivity index (χ4v) is 3.44. The first kappa shape index (κ1) is 14.4. The zero-order chi connectivity index (χ0) is 15.6. The largest absolute Gasteiger partial charge is 0.341 e. The van der Waals surface area contributed by atoms with Crippen LogP contribution in [0, 0.1) is 5.92 Å². The van der Waals surface area contributed by atoms with Gasteiger partial charge in [-0.25, -0.2) is 0 Å². The van der Waals surface area contributed by atoms with Gasteiger partial charge in [0, 0.05) is 37.5 Å². The summed E-state index contributed by atoms with van der Waals surface area (Å²) < 4.78 is 5.36. The number of carbonyl (C=O) groups is 1. The van der Waals surface area contributed by atoms with Crippen molar-refractivity contribution in [2.75, 3.05) is 13.1 Å². The lowest BCUT2D eigenvalue weighted by atomic mass is 9.97. The van der Waals surface area contributed by atoms with Crippen LogP contribution in [0.5, 0.6) is 0 Å². The standard InChI is InChI=1S/C17H20N4O2/c22-15(8-12-4-1-2-5-12)21-10-14(11-21)17-19-16(20-23-17)13-6-3-7-18-9-13/h3,6-7,9,12,14H,1-2,4-5,8,10-11H2. The third-order valence-corrected chi connectivity index (χ3v) is 4.88. The molecule has 1 amide bonds. The minimum atomic E-state index is 0.167. The van der Waals surface area contributed by atoms with Gasteiger partial charge in [-0.1, -0.05) is 18.0 Å². The first-order valence-electron chi connectivity index (χ1n) is 8.31. The predicted octanol–water partition coefficient (Wildman–Crippen LogP) is 2.64. The average molecular weight is 312 g/mol. The van der Waals surface area contributed by atoms with Crippen molar-refractivity contribution in [3.8, 4) is 11.4 Å². The lowest BCUT2D eigenvalue weighted by molar-refractivity contribution is -0.137. The highest BCUT2D eigenvalue weighted by Gasteiger charge is 2.36. The van der Waals surface area contributed by atoms with Crippen molar-refractivity contribution < 1.29 is 9.32 Å². The molecule has 23 heavy (non-hydrogen) atoms. The molecule has 0 N–H and O–H groups in total. The van der Waals surface area contributed by atoms with E-state index in [1.165, 1.54) is 25.7 Å². The molecule has 4 rings (SSSR count). The Morgan fingerprint density at radius 1 is 1.30 bits per heavy atom. The summed E-state index contributed by atoms with van der Waals surface area (Å²) in [6.45, 7) is 1.39. The van der Waals surface area contributed by atoms with Crippen molar-refractivity contribution in [3.05, 3.63) is 30.4 Å². The van der Waals surface area contributed by atoms with Crippen LogP contribution in [0.1, 0.15) is 43.9 Å². The topological polar surface area (TPSA) is 72.1 Å². The number of hydrogen-bond acceptors (Lipinski definition) is 5. The van der Waals surface area contributed by atoms with Gasteiger partial charge in [0.15, 0.2) is 0 Å². The van der Waals surface area contributed by atoms with Crippen LogP contribution in [-0.4, -0.2) is 39.0 Å². The Morgan fingerprint density at radius 3 is 2.87 bits per heavy atom. The van der Waals surface area contributed by atoms with Crippen molar-refractivity contribution in [1.29, 1.82) is 0 Å². The lowest BCUT2D eigenvalue weighted by Gasteiger charge is -2.37. The Bertz CT molecular complexity index is 673. The van der Waals surface area contributed by atoms with Crippen molar-refractivity contribution in [2.45, 2.75) is 38.0 Å². The van der Waals surface area contributed by atoms with E-state index in [2.05, 4.69) is 15.1 Å². The van der Waals surface area contributed by atoms with Gasteiger partial charge in [-0.2, -0.15) is 4.98 Å². The van der Waals surface area contributed by atoms with E-state index in [1.807, 2.05) is 17.0 Å². The molecule has 0 spiro atoms. The number of hydrogen-bond donors (Lipinski definition) is 0. The summed E-state index contributed by atoms with van der Waals surface area (Å²) in [7, 11) is 0. The Hall–Kier alpha value is -2.24. The van der Waals surface area contributed by atoms with Crippen LogP contribution in [0.4, 0.5) is 0 Å². The summed E-state index contributed by atoms with van der Waals surface area (Å²) >= 11 is 0. The summed E-state index contributed by atoms with van der Waals surface area (Å²) in [6, 6.07) is 3.75. The molecule has 1 aliphatic carbocycles. The van der Waals surface area contributed by atoms with Gasteiger partial charge in [0.1, 0.15) is 0 Å². The van der Waals surface area contributed by atoms with E-state index in [1.54, 1.807) is 12.4 Å². The van der Waals surface area contributed by atoms with Gasteiger partial charge in [-0.05, 0) is 30.9 Å². The van der Waals surface area contributed by atoms with Crippen LogP contribution in [0.3, 0.4) is 0 Å². The predicted molar refractivity (Wildman–Crippen MR) is 83.4 cm³/mol. The van der Waals surface area contributed by atoms with Crippen LogP contribution >= 0.6 is 0 Å². The molecule has 1 aliphatic heterocycles. The Labute approximate surface area is 134 Å². The molecule has 2 aliphatic rings. The minimum Gasteiger partial charge on any atom is -0.341 e. The molecule has 1 saturated heterocycles. The van der Waals surface area contributed by atoms with Gasteiger partial charge in [-0.3, -0.25) is 9.78 Å². The summed E-state index contributed by atoms with van der Waals surface area (Å²) in [6.07, 6.45) is 9.11. The Balaban J connectivity index is 1.33. The number of pyridine rings is 1. The van der Waals surface area contributed by atoms with Gasteiger partial charge in [0.05, 0.1) is 5.92 Å². The third-order valence-electron chi connectivity index (χ3n) is 4.88. The molecule has 2 fully saturated rings. The van der Waals surface area contributed by atoms with Crippen LogP contribution in [-0.2, 0) is 4.79 Å². The molecule has 0 aromatic carbocycles. The number of aromatic nitrogens is 3. The second-order valence-corrected chi connectivity index (χ2v) is 6.55. The van der Waals surface area contributed by atoms with Crippen LogP contribution in [0.25, 0.3) is 11.4 Å². The van der Waals surface area contributed by atoms with Crippen LogP contribution in [0.15, 0.2) is 29.0 Å². The van der Waals surface area contributed by atoms with Gasteiger partial charge in [0.2, 0.25) is 17.6 Å². The smallest absolute Gasteiger partial charge is 0.233 e. The Kier molecular flexibility index (Phi) is 3.81. The molecular weight excluding hydrogens is 292 g/mol. The molecule has 0 atom stereocenters. The molecule has 120 valence electrons. The number of rotatable bonds is 4. The summed E-state index contributed by atoms with van der Waals surface area (Å²) in [5.41, 5.74) is 0.844. The SMILES string of the molecule is O=C(CC1CCCC1)N1CC(c2nc(-c3cccnc3)no2)C1. The molecule has 1 saturated carbocycles. The van der Waals surface area contributed by atoms with Crippen molar-refractivity contribution in [1.82, 2.24) is 20.0 Å². The summed E-state index contributed by atoms with van der Waals surface area (Å²) in [5.74, 6) is 2.22. The molecule has 0 radical (unpaired) electrons. The molecule has 2 aromatic heterocycles. The molecule has 0 unspecified atom stereocenters. The summed E-state index contributed by atoms with van der Waals surface area (Å²) in [5, 5.41) is 4.01. The molecule has 3 heterocycles. The maximum Gasteiger partial charge on any atom is 0.233 e. The summed E-state index contributed by atoms with van der Waals surface area (Å²) in [4.78, 5) is 22.7. The number of amides is 1. The zero-order valence-electron chi connectivity index (χ0n) is 13.0. The second kappa shape index (κ2) is 6.10. The number of likely N-dealkylation sites (tertiary alicyclic amines) is 1. The monoisotopic (exact) mass is 312 g/mol. The fraction of sp³-hybridized carbons (Fsp3) is 0.529. The van der Waals surface area contributed by atoms with E-state index in [4.69, 9.17) is 4.52 Å². The van der Waals surface area contributed by atoms with E-state index in [0.717, 1.165) is 5.56 Å². The van der Waals surface area contributed by atoms with Gasteiger partial charge in [0.25, 0.3) is 0 Å². The molecule has 2 aromatic rings. The number of carbonyl (C=O) groups excluding carboxylic acids is 1. The first-order chi connectivity index (χ1) is 11.3. The van der Waals surface area contributed by atoms with E-state index < -0.39 is 0 Å². The highest BCUT2D eigenvalue weighted by atomic mass is 16.5. The molecule has 6 nitrogen and oxygen atoms in total. The third kappa shape index (κ3) is 2.98. The fourth-order valence-electron chi connectivity index (χ4n) is 3.44. The van der Waals surface area contributed by atoms with E-state index in [0.29, 0.717) is 37.1 Å². The maximum atomic E-state index is 12.2. The van der Waals surface area contributed by atoms with Gasteiger partial charge in [-0.15, -0.1) is 0 Å². The second-order valence-electron chi connectivity index (χ2n) is 6.55. The molecule has 0 bridgehead atoms. The number of nitrogens with zero attached hydrogens (tertiary/aromatic N) is 4. The van der Waals surface area contributed by atoms with Crippen LogP contribution in [0.2, 0.25) is 0 Å². The molecule has 6 heteroatoms. The first-order valence-corrected chi connectivity index (χ1v) is 8.31. The van der Waals surface area contributed by atoms with E-state index in [-0.39, 0.29) is 11.8 Å². The highest BCUT2D eigenvalue weighted by molar-refractivity contribution is 5.77. The minimum absolute atomic E-state index is 0.167. The maximum absolute atomic E-state index is 12.2. The lowest BCUT2D eigenvalue weighted by Crippen LogP contribution is -2.48. The quantitative estimate of drug-likeness (QED) is 0.868. The van der Waals surface area contributed by atoms with Gasteiger partial charge >= 0.3 is 0 Å². The molecular formula is C17H20N4O2. The highest BCUT2D eigenvalue weighted by Crippen LogP contribution is 2.32. The normalized spacial score (nSPS) is 19.0. The zero-order valence-corrected chi connectivity index (χ0v) is 13.0. The van der Waals surface area contributed by atoms with Gasteiger partial charge < -0.3 is 9.42 Å². The average Bonchev–Trinajstić information content (AvgIpc) is 3.18. The Morgan fingerprint density at radius 2 is 2.13 bits per heavy atom. The van der Waals surface area contributed by atoms with E-state index >= 15 is 0 Å².